The number of ether oxygens (including phenoxy) is 3. The van der Waals surface area contributed by atoms with Gasteiger partial charge >= 0.3 is 0 Å². The van der Waals surface area contributed by atoms with Crippen LogP contribution in [0.2, 0.25) is 0 Å². The summed E-state index contributed by atoms with van der Waals surface area (Å²) in [6, 6.07) is 53.7. The average Bonchev–Trinajstić information content (AvgIpc) is 1.79. The third-order valence-corrected chi connectivity index (χ3v) is 22.0. The zero-order chi connectivity index (χ0) is 75.6. The zero-order valence-corrected chi connectivity index (χ0v) is 61.5. The summed E-state index contributed by atoms with van der Waals surface area (Å²) in [6.07, 6.45) is 9.85. The van der Waals surface area contributed by atoms with Gasteiger partial charge in [0.25, 0.3) is 35.4 Å². The number of piperidine rings is 3. The van der Waals surface area contributed by atoms with Crippen LogP contribution in [0.5, 0.6) is 17.2 Å². The first-order chi connectivity index (χ1) is 53.2. The summed E-state index contributed by atoms with van der Waals surface area (Å²) in [5.41, 5.74) is 8.28. The summed E-state index contributed by atoms with van der Waals surface area (Å²) >= 11 is 0. The first-order valence-electron chi connectivity index (χ1n) is 38.4. The van der Waals surface area contributed by atoms with Crippen molar-refractivity contribution < 1.29 is 60.5 Å². The van der Waals surface area contributed by atoms with Crippen LogP contribution in [0.4, 0.5) is 34.6 Å². The minimum atomic E-state index is -0.883. The highest BCUT2D eigenvalue weighted by molar-refractivity contribution is 6.00. The number of benzene rings is 8. The van der Waals surface area contributed by atoms with E-state index in [4.69, 9.17) is 14.2 Å². The van der Waals surface area contributed by atoms with Crippen molar-refractivity contribution in [1.29, 1.82) is 0 Å². The number of hydrogen-bond donors (Lipinski definition) is 3. The van der Waals surface area contributed by atoms with E-state index in [9.17, 15) is 46.3 Å². The smallest absolute Gasteiger partial charge is 0.265 e. The number of amides is 6. The lowest BCUT2D eigenvalue weighted by Crippen LogP contribution is -2.45. The molecule has 3 N–H and O–H groups in total. The van der Waals surface area contributed by atoms with Gasteiger partial charge in [0.05, 0.1) is 17.1 Å². The van der Waals surface area contributed by atoms with E-state index in [1.54, 1.807) is 9.80 Å². The molecule has 6 aliphatic heterocycles. The third kappa shape index (κ3) is 19.9. The van der Waals surface area contributed by atoms with Crippen LogP contribution in [-0.4, -0.2) is 168 Å². The van der Waals surface area contributed by atoms with Crippen molar-refractivity contribution in [2.75, 3.05) is 133 Å². The molecule has 22 heteroatoms. The lowest BCUT2D eigenvalue weighted by Gasteiger charge is -2.35. The maximum absolute atomic E-state index is 13.9. The Hall–Kier alpha value is -10.4. The first-order valence-corrected chi connectivity index (χ1v) is 38.4. The van der Waals surface area contributed by atoms with Crippen molar-refractivity contribution in [1.82, 2.24) is 30.7 Å². The fourth-order valence-corrected chi connectivity index (χ4v) is 15.7. The molecule has 0 spiro atoms. The van der Waals surface area contributed by atoms with E-state index in [0.717, 1.165) is 192 Å². The standard InChI is InChI=1S/2C30H31F2N3O3.C27H33N3O3/c31-25-9-5-6-22(29(25)32)12-15-33-30(37)24-8-2-1-7-23(24)21-13-16-34(17-14-21)18-19-35-26-10-3-4-11-27(26)38-20-28(35)36;31-23-9-10-26(32)22(19-23)11-14-33-30(37)25-6-2-1-5-24(25)21-12-15-34(16-13-21)17-18-35-27-7-3-4-8-28(27)38-20-29(35)36;31-26-19-33-25-8-4-3-7-24(25)30(26)18-17-29-15-12-21(13-16-29)22-5-1-2-6-23(22)27(32)28-14-11-20-9-10-20/h1-11,21H,12-20H2,(H,33,37);1-10,19,21H,11-18,20H2,(H,33,37);1-8,20-21H,9-19H2,(H,28,32). The van der Waals surface area contributed by atoms with Gasteiger partial charge in [0.1, 0.15) is 28.9 Å². The van der Waals surface area contributed by atoms with Gasteiger partial charge in [0, 0.05) is 75.6 Å². The molecule has 7 aliphatic rings. The summed E-state index contributed by atoms with van der Waals surface area (Å²) < 4.78 is 71.3. The Morgan fingerprint density at radius 2 is 0.725 bits per heavy atom. The highest BCUT2D eigenvalue weighted by Gasteiger charge is 2.33. The number of carbonyl (C=O) groups is 6. The maximum atomic E-state index is 13.9. The molecule has 0 unspecified atom stereocenters. The van der Waals surface area contributed by atoms with Crippen LogP contribution in [0, 0.1) is 29.2 Å². The van der Waals surface area contributed by atoms with E-state index < -0.39 is 23.3 Å². The van der Waals surface area contributed by atoms with Crippen molar-refractivity contribution in [3.63, 3.8) is 0 Å². The van der Waals surface area contributed by atoms with Crippen LogP contribution in [0.25, 0.3) is 0 Å². The quantitative estimate of drug-likeness (QED) is 0.0487. The van der Waals surface area contributed by atoms with Crippen LogP contribution in [0.15, 0.2) is 182 Å². The first kappa shape index (κ1) is 76.8. The number of fused-ring (bicyclic) bond motifs is 3. The van der Waals surface area contributed by atoms with Crippen LogP contribution < -0.4 is 44.9 Å². The van der Waals surface area contributed by atoms with E-state index >= 15 is 0 Å². The molecular weight excluding hydrogens is 1390 g/mol. The molecule has 8 aromatic rings. The van der Waals surface area contributed by atoms with Crippen molar-refractivity contribution in [3.05, 3.63) is 250 Å². The van der Waals surface area contributed by atoms with Gasteiger partial charge in [-0.1, -0.05) is 116 Å². The SMILES string of the molecule is O=C(NCCC1CC1)c1ccccc1C1CCN(CCN2C(=O)COc3ccccc32)CC1.O=C(NCCc1cc(F)ccc1F)c1ccccc1C1CCN(CCN2C(=O)COc3ccccc32)CC1.O=C(NCCc1cccc(F)c1F)c1ccccc1C1CCN(CCN2C(=O)COc3ccccc32)CC1. The minimum Gasteiger partial charge on any atom is -0.482 e. The van der Waals surface area contributed by atoms with E-state index in [0.29, 0.717) is 36.7 Å². The molecule has 1 aliphatic carbocycles. The Kier molecular flexibility index (Phi) is 26.1. The van der Waals surface area contributed by atoms with Gasteiger partial charge in [-0.25, -0.2) is 17.6 Å². The number of para-hydroxylation sites is 6. The monoisotopic (exact) mass is 1490 g/mol. The van der Waals surface area contributed by atoms with Crippen LogP contribution in [0.1, 0.15) is 134 Å². The largest absolute Gasteiger partial charge is 0.482 e. The lowest BCUT2D eigenvalue weighted by molar-refractivity contribution is -0.122. The molecule has 6 amide bonds. The van der Waals surface area contributed by atoms with E-state index in [-0.39, 0.29) is 104 Å². The number of halogens is 4. The van der Waals surface area contributed by atoms with Crippen LogP contribution >= 0.6 is 0 Å². The summed E-state index contributed by atoms with van der Waals surface area (Å²) in [4.78, 5) is 88.8. The molecule has 6 heterocycles. The molecule has 109 heavy (non-hydrogen) atoms. The summed E-state index contributed by atoms with van der Waals surface area (Å²) in [7, 11) is 0. The van der Waals surface area contributed by atoms with Gasteiger partial charge in [-0.15, -0.1) is 0 Å². The topological polar surface area (TPSA) is 186 Å². The second-order valence-corrected chi connectivity index (χ2v) is 29.0. The molecule has 0 bridgehead atoms. The molecule has 0 atom stereocenters. The Balaban J connectivity index is 0.000000144. The summed E-state index contributed by atoms with van der Waals surface area (Å²) in [5.74, 6) is 0.882. The Morgan fingerprint density at radius 1 is 0.367 bits per heavy atom. The van der Waals surface area contributed by atoms with Crippen molar-refractivity contribution in [2.45, 2.75) is 88.4 Å². The second-order valence-electron chi connectivity index (χ2n) is 29.0. The molecule has 4 fully saturated rings. The molecule has 0 aromatic heterocycles. The van der Waals surface area contributed by atoms with Crippen molar-refractivity contribution >= 4 is 52.5 Å². The predicted octanol–water partition coefficient (Wildman–Crippen LogP) is 12.9. The van der Waals surface area contributed by atoms with E-state index in [1.165, 1.54) is 30.5 Å². The molecule has 8 aromatic carbocycles. The van der Waals surface area contributed by atoms with E-state index in [1.807, 2.05) is 144 Å². The highest BCUT2D eigenvalue weighted by atomic mass is 19.2. The van der Waals surface area contributed by atoms with E-state index in [2.05, 4.69) is 36.7 Å². The normalized spacial score (nSPS) is 17.1. The molecule has 1 saturated carbocycles. The Bertz CT molecular complexity index is 4350. The van der Waals surface area contributed by atoms with Crippen molar-refractivity contribution in [2.24, 2.45) is 5.92 Å². The molecule has 18 nitrogen and oxygen atoms in total. The summed E-state index contributed by atoms with van der Waals surface area (Å²) in [5, 5.41) is 8.86. The van der Waals surface area contributed by atoms with Gasteiger partial charge in [-0.3, -0.25) is 28.8 Å². The number of likely N-dealkylation sites (tertiary alicyclic amines) is 3. The Morgan fingerprint density at radius 3 is 1.12 bits per heavy atom. The average molecular weight is 1490 g/mol. The minimum absolute atomic E-state index is 0.0187. The number of hydrogen-bond acceptors (Lipinski definition) is 12. The maximum Gasteiger partial charge on any atom is 0.265 e. The fourth-order valence-electron chi connectivity index (χ4n) is 15.7. The van der Waals surface area contributed by atoms with Crippen LogP contribution in [-0.2, 0) is 27.2 Å². The Labute approximate surface area is 634 Å². The predicted molar refractivity (Wildman–Crippen MR) is 412 cm³/mol. The third-order valence-electron chi connectivity index (χ3n) is 22.0. The second kappa shape index (κ2) is 37.1. The fraction of sp³-hybridized carbons (Fsp3) is 0.379. The highest BCUT2D eigenvalue weighted by Crippen LogP contribution is 2.38. The zero-order valence-electron chi connectivity index (χ0n) is 61.5. The van der Waals surface area contributed by atoms with Gasteiger partial charge in [0.2, 0.25) is 0 Å². The van der Waals surface area contributed by atoms with Crippen LogP contribution in [0.3, 0.4) is 0 Å². The van der Waals surface area contributed by atoms with Gasteiger partial charge in [-0.05, 0) is 227 Å². The lowest BCUT2D eigenvalue weighted by atomic mass is 9.86. The molecule has 15 rings (SSSR count). The number of nitrogens with one attached hydrogen (secondary N) is 3. The molecule has 0 radical (unpaired) electrons. The molecule has 570 valence electrons. The van der Waals surface area contributed by atoms with Gasteiger partial charge in [-0.2, -0.15) is 0 Å². The van der Waals surface area contributed by atoms with Crippen molar-refractivity contribution in [3.8, 4) is 17.2 Å². The summed E-state index contributed by atoms with van der Waals surface area (Å²) in [6.45, 7) is 11.2. The number of carbonyl (C=O) groups excluding carboxylic acids is 6. The molecular formula is C87H95F4N9O9. The molecule has 3 saturated heterocycles. The number of anilines is 3. The number of rotatable bonds is 24. The van der Waals surface area contributed by atoms with Gasteiger partial charge in [0.15, 0.2) is 31.5 Å². The van der Waals surface area contributed by atoms with Gasteiger partial charge < -0.3 is 59.6 Å². The number of nitrogens with zero attached hydrogens (tertiary/aromatic N) is 6.